The Labute approximate surface area is 170 Å². The van der Waals surface area contributed by atoms with Crippen molar-refractivity contribution in [1.29, 1.82) is 0 Å². The normalized spacial score (nSPS) is 18.4. The second-order valence-electron chi connectivity index (χ2n) is 7.76. The number of carbonyl (C=O) groups is 2. The largest absolute Gasteiger partial charge is 0.375 e. The summed E-state index contributed by atoms with van der Waals surface area (Å²) in [5, 5.41) is 12.4. The van der Waals surface area contributed by atoms with Gasteiger partial charge in [0, 0.05) is 42.0 Å². The molecule has 2 N–H and O–H groups in total. The lowest BCUT2D eigenvalue weighted by atomic mass is 9.89. The van der Waals surface area contributed by atoms with E-state index in [9.17, 15) is 14.7 Å². The number of hydrogen-bond donors (Lipinski definition) is 2. The monoisotopic (exact) mass is 390 g/mol. The molecule has 2 aromatic carbocycles. The predicted molar refractivity (Wildman–Crippen MR) is 114 cm³/mol. The van der Waals surface area contributed by atoms with Gasteiger partial charge < -0.3 is 15.0 Å². The van der Waals surface area contributed by atoms with Crippen LogP contribution >= 0.6 is 0 Å². The molecule has 3 aromatic rings. The van der Waals surface area contributed by atoms with Gasteiger partial charge in [-0.3, -0.25) is 9.59 Å². The van der Waals surface area contributed by atoms with Crippen LogP contribution < -0.4 is 4.90 Å². The fourth-order valence-electron chi connectivity index (χ4n) is 4.22. The third-order valence-electron chi connectivity index (χ3n) is 5.78. The molecule has 0 saturated heterocycles. The van der Waals surface area contributed by atoms with Crippen LogP contribution in [0.2, 0.25) is 0 Å². The average molecular weight is 390 g/mol. The number of fused-ring (bicyclic) bond motifs is 2. The minimum atomic E-state index is -1.76. The molecule has 1 aliphatic heterocycles. The maximum Gasteiger partial charge on any atom is 0.264 e. The number of aromatic nitrogens is 1. The Morgan fingerprint density at radius 2 is 1.90 bits per heavy atom. The van der Waals surface area contributed by atoms with E-state index in [1.807, 2.05) is 43.5 Å². The van der Waals surface area contributed by atoms with Crippen molar-refractivity contribution in [2.75, 3.05) is 11.4 Å². The number of anilines is 1. The minimum Gasteiger partial charge on any atom is -0.375 e. The van der Waals surface area contributed by atoms with E-state index < -0.39 is 11.5 Å². The summed E-state index contributed by atoms with van der Waals surface area (Å²) in [5.41, 5.74) is 1.66. The predicted octanol–water partition coefficient (Wildman–Crippen LogP) is 4.09. The van der Waals surface area contributed by atoms with Crippen LogP contribution in [-0.2, 0) is 21.6 Å². The summed E-state index contributed by atoms with van der Waals surface area (Å²) >= 11 is 0. The number of unbranched alkanes of at least 4 members (excludes halogenated alkanes) is 1. The molecular formula is C24H26N2O3. The van der Waals surface area contributed by atoms with E-state index in [0.29, 0.717) is 30.6 Å². The van der Waals surface area contributed by atoms with Crippen LogP contribution in [0.15, 0.2) is 54.7 Å². The quantitative estimate of drug-likeness (QED) is 0.608. The van der Waals surface area contributed by atoms with E-state index in [-0.39, 0.29) is 12.2 Å². The van der Waals surface area contributed by atoms with Crippen molar-refractivity contribution in [2.24, 2.45) is 0 Å². The van der Waals surface area contributed by atoms with E-state index in [1.54, 1.807) is 17.0 Å². The highest BCUT2D eigenvalue weighted by Crippen LogP contribution is 2.42. The zero-order valence-electron chi connectivity index (χ0n) is 16.6. The molecule has 0 radical (unpaired) electrons. The van der Waals surface area contributed by atoms with Crippen LogP contribution in [-0.4, -0.2) is 28.3 Å². The van der Waals surface area contributed by atoms with Gasteiger partial charge >= 0.3 is 0 Å². The smallest absolute Gasteiger partial charge is 0.264 e. The lowest BCUT2D eigenvalue weighted by molar-refractivity contribution is -0.141. The summed E-state index contributed by atoms with van der Waals surface area (Å²) in [5.74, 6) is -0.473. The Kier molecular flexibility index (Phi) is 5.24. The number of carbonyl (C=O) groups excluding carboxylic acids is 2. The van der Waals surface area contributed by atoms with Crippen molar-refractivity contribution in [3.63, 3.8) is 0 Å². The number of benzene rings is 2. The second-order valence-corrected chi connectivity index (χ2v) is 7.76. The average Bonchev–Trinajstić information content (AvgIpc) is 3.23. The molecule has 5 nitrogen and oxygen atoms in total. The Bertz CT molecular complexity index is 1050. The number of nitrogens with zero attached hydrogens (tertiary/aromatic N) is 1. The maximum absolute atomic E-state index is 13.2. The summed E-state index contributed by atoms with van der Waals surface area (Å²) < 4.78 is 0. The maximum atomic E-state index is 13.2. The topological polar surface area (TPSA) is 73.4 Å². The number of hydrogen-bond acceptors (Lipinski definition) is 3. The molecule has 5 heteroatoms. The number of ketones is 1. The third-order valence-corrected chi connectivity index (χ3v) is 5.78. The number of rotatable bonds is 8. The highest BCUT2D eigenvalue weighted by Gasteiger charge is 2.50. The van der Waals surface area contributed by atoms with Crippen LogP contribution in [0, 0.1) is 0 Å². The van der Waals surface area contributed by atoms with Crippen LogP contribution in [0.4, 0.5) is 5.69 Å². The molecule has 0 fully saturated rings. The van der Waals surface area contributed by atoms with Crippen LogP contribution in [0.3, 0.4) is 0 Å². The van der Waals surface area contributed by atoms with Crippen LogP contribution in [0.5, 0.6) is 0 Å². The van der Waals surface area contributed by atoms with Crippen molar-refractivity contribution in [3.05, 3.63) is 65.9 Å². The number of para-hydroxylation sites is 2. The van der Waals surface area contributed by atoms with Crippen LogP contribution in [0.25, 0.3) is 10.9 Å². The molecule has 0 saturated carbocycles. The SMILES string of the molecule is CCCCC(=O)CC1(O)C(=O)N(CCc2c[nH]c3ccccc23)c2ccccc21. The van der Waals surface area contributed by atoms with Gasteiger partial charge in [-0.05, 0) is 30.5 Å². The van der Waals surface area contributed by atoms with Gasteiger partial charge in [-0.2, -0.15) is 0 Å². The first-order valence-electron chi connectivity index (χ1n) is 10.2. The summed E-state index contributed by atoms with van der Waals surface area (Å²) in [4.78, 5) is 30.5. The zero-order valence-corrected chi connectivity index (χ0v) is 16.6. The molecule has 0 spiro atoms. The molecule has 0 aliphatic carbocycles. The number of aromatic amines is 1. The van der Waals surface area contributed by atoms with Gasteiger partial charge in [-0.25, -0.2) is 0 Å². The molecule has 1 unspecified atom stereocenters. The van der Waals surface area contributed by atoms with E-state index in [0.717, 1.165) is 29.3 Å². The fourth-order valence-corrected chi connectivity index (χ4v) is 4.22. The van der Waals surface area contributed by atoms with E-state index >= 15 is 0 Å². The number of Topliss-reactive ketones (excluding diaryl/α,β-unsaturated/α-hetero) is 1. The molecule has 1 aliphatic rings. The lowest BCUT2D eigenvalue weighted by Gasteiger charge is -2.22. The Balaban J connectivity index is 1.58. The Morgan fingerprint density at radius 3 is 2.72 bits per heavy atom. The van der Waals surface area contributed by atoms with Crippen molar-refractivity contribution < 1.29 is 14.7 Å². The fraction of sp³-hybridized carbons (Fsp3) is 0.333. The van der Waals surface area contributed by atoms with Gasteiger partial charge in [-0.1, -0.05) is 49.7 Å². The first-order chi connectivity index (χ1) is 14.0. The van der Waals surface area contributed by atoms with Gasteiger partial charge in [0.1, 0.15) is 5.78 Å². The number of H-pyrrole nitrogens is 1. The third kappa shape index (κ3) is 3.47. The van der Waals surface area contributed by atoms with E-state index in [1.165, 1.54) is 0 Å². The van der Waals surface area contributed by atoms with E-state index in [2.05, 4.69) is 11.1 Å². The molecule has 1 aromatic heterocycles. The molecule has 4 rings (SSSR count). The summed E-state index contributed by atoms with van der Waals surface area (Å²) in [6.45, 7) is 2.47. The van der Waals surface area contributed by atoms with E-state index in [4.69, 9.17) is 0 Å². The second kappa shape index (κ2) is 7.84. The van der Waals surface area contributed by atoms with Gasteiger partial charge in [0.05, 0.1) is 5.69 Å². The van der Waals surface area contributed by atoms with Gasteiger partial charge in [0.25, 0.3) is 5.91 Å². The van der Waals surface area contributed by atoms with Crippen LogP contribution in [0.1, 0.15) is 43.7 Å². The van der Waals surface area contributed by atoms with Gasteiger partial charge in [0.15, 0.2) is 5.60 Å². The highest BCUT2D eigenvalue weighted by atomic mass is 16.3. The number of amides is 1. The molecular weight excluding hydrogens is 364 g/mol. The first-order valence-corrected chi connectivity index (χ1v) is 10.2. The number of aliphatic hydroxyl groups is 1. The standard InChI is InChI=1S/C24H26N2O3/c1-2-3-8-18(27)15-24(29)20-10-5-7-12-22(20)26(23(24)28)14-13-17-16-25-21-11-6-4-9-19(17)21/h4-7,9-12,16,25,29H,2-3,8,13-15H2,1H3. The Hall–Kier alpha value is -2.92. The molecule has 150 valence electrons. The summed E-state index contributed by atoms with van der Waals surface area (Å²) in [6.07, 6.45) is 4.54. The van der Waals surface area contributed by atoms with Gasteiger partial charge in [-0.15, -0.1) is 0 Å². The molecule has 29 heavy (non-hydrogen) atoms. The van der Waals surface area contributed by atoms with Crippen molar-refractivity contribution in [2.45, 2.75) is 44.6 Å². The van der Waals surface area contributed by atoms with Crippen molar-refractivity contribution in [1.82, 2.24) is 4.98 Å². The summed E-state index contributed by atoms with van der Waals surface area (Å²) in [7, 11) is 0. The van der Waals surface area contributed by atoms with Crippen molar-refractivity contribution >= 4 is 28.3 Å². The first kappa shape index (κ1) is 19.4. The lowest BCUT2D eigenvalue weighted by Crippen LogP contribution is -2.42. The molecule has 1 atom stereocenters. The van der Waals surface area contributed by atoms with Crippen molar-refractivity contribution in [3.8, 4) is 0 Å². The zero-order chi connectivity index (χ0) is 20.4. The Morgan fingerprint density at radius 1 is 1.14 bits per heavy atom. The summed E-state index contributed by atoms with van der Waals surface area (Å²) in [6, 6.07) is 15.3. The highest BCUT2D eigenvalue weighted by molar-refractivity contribution is 6.09. The molecule has 2 heterocycles. The van der Waals surface area contributed by atoms with Gasteiger partial charge in [0.2, 0.25) is 0 Å². The molecule has 0 bridgehead atoms. The minimum absolute atomic E-state index is 0.0732. The number of nitrogens with one attached hydrogen (secondary N) is 1. The molecule has 1 amide bonds.